The van der Waals surface area contributed by atoms with Crippen LogP contribution in [0.5, 0.6) is 5.75 Å². The summed E-state index contributed by atoms with van der Waals surface area (Å²) in [6.07, 6.45) is 2.23. The van der Waals surface area contributed by atoms with E-state index >= 15 is 0 Å². The van der Waals surface area contributed by atoms with E-state index in [1.54, 1.807) is 12.1 Å². The summed E-state index contributed by atoms with van der Waals surface area (Å²) in [7, 11) is 0. The van der Waals surface area contributed by atoms with Gasteiger partial charge in [0.2, 0.25) is 0 Å². The van der Waals surface area contributed by atoms with Crippen LogP contribution in [0.2, 0.25) is 0 Å². The van der Waals surface area contributed by atoms with E-state index in [-0.39, 0.29) is 5.82 Å². The third kappa shape index (κ3) is 6.15. The van der Waals surface area contributed by atoms with Crippen LogP contribution in [0.15, 0.2) is 54.6 Å². The molecule has 0 radical (unpaired) electrons. The Morgan fingerprint density at radius 1 is 0.840 bits per heavy atom. The molecule has 0 bridgehead atoms. The summed E-state index contributed by atoms with van der Waals surface area (Å²) in [6, 6.07) is 16.9. The Morgan fingerprint density at radius 3 is 2.36 bits per heavy atom. The highest BCUT2D eigenvalue weighted by atomic mass is 19.1. The highest BCUT2D eigenvalue weighted by Crippen LogP contribution is 2.11. The largest absolute Gasteiger partial charge is 0.494 e. The van der Waals surface area contributed by atoms with Crippen molar-refractivity contribution < 1.29 is 9.13 Å². The molecule has 0 N–H and O–H groups in total. The second-order valence-corrected chi connectivity index (χ2v) is 6.61. The van der Waals surface area contributed by atoms with E-state index in [4.69, 9.17) is 4.74 Å². The highest BCUT2D eigenvalue weighted by Gasteiger charge is 2.14. The van der Waals surface area contributed by atoms with Crippen LogP contribution in [-0.4, -0.2) is 49.1 Å². The normalized spacial score (nSPS) is 16.5. The Morgan fingerprint density at radius 2 is 1.56 bits per heavy atom. The van der Waals surface area contributed by atoms with Crippen LogP contribution in [-0.2, 0) is 6.54 Å². The Hall–Kier alpha value is -1.91. The zero-order chi connectivity index (χ0) is 17.3. The number of benzene rings is 2. The fraction of sp³-hybridized carbons (Fsp3) is 0.429. The van der Waals surface area contributed by atoms with E-state index in [2.05, 4.69) is 9.80 Å². The Kier molecular flexibility index (Phi) is 6.83. The van der Waals surface area contributed by atoms with Crippen LogP contribution < -0.4 is 4.74 Å². The number of nitrogens with zero attached hydrogens (tertiary/aromatic N) is 2. The van der Waals surface area contributed by atoms with Crippen molar-refractivity contribution in [2.75, 3.05) is 39.3 Å². The average Bonchev–Trinajstić information content (AvgIpc) is 2.87. The maximum Gasteiger partial charge on any atom is 0.123 e. The third-order valence-electron chi connectivity index (χ3n) is 4.63. The average molecular weight is 342 g/mol. The Labute approximate surface area is 150 Å². The zero-order valence-electron chi connectivity index (χ0n) is 14.7. The molecule has 25 heavy (non-hydrogen) atoms. The van der Waals surface area contributed by atoms with Gasteiger partial charge in [0.15, 0.2) is 0 Å². The van der Waals surface area contributed by atoms with Crippen molar-refractivity contribution in [3.05, 3.63) is 66.0 Å². The number of hydrogen-bond donors (Lipinski definition) is 0. The summed E-state index contributed by atoms with van der Waals surface area (Å²) in [5.74, 6) is 0.785. The first-order valence-electron chi connectivity index (χ1n) is 9.16. The van der Waals surface area contributed by atoms with Gasteiger partial charge in [0.25, 0.3) is 0 Å². The molecule has 0 aliphatic carbocycles. The van der Waals surface area contributed by atoms with Gasteiger partial charge < -0.3 is 9.64 Å². The topological polar surface area (TPSA) is 15.7 Å². The first-order valence-corrected chi connectivity index (χ1v) is 9.16. The summed E-state index contributed by atoms with van der Waals surface area (Å²) in [5, 5.41) is 0. The fourth-order valence-electron chi connectivity index (χ4n) is 3.25. The van der Waals surface area contributed by atoms with E-state index < -0.39 is 0 Å². The van der Waals surface area contributed by atoms with Gasteiger partial charge in [-0.2, -0.15) is 0 Å². The number of halogens is 1. The Bertz CT molecular complexity index is 618. The molecule has 2 aromatic rings. The van der Waals surface area contributed by atoms with Crippen LogP contribution in [0.1, 0.15) is 18.4 Å². The minimum Gasteiger partial charge on any atom is -0.494 e. The van der Waals surface area contributed by atoms with Gasteiger partial charge in [0.05, 0.1) is 6.61 Å². The molecular weight excluding hydrogens is 315 g/mol. The van der Waals surface area contributed by atoms with Gasteiger partial charge in [0.1, 0.15) is 11.6 Å². The maximum absolute atomic E-state index is 13.0. The molecule has 0 saturated carbocycles. The molecule has 3 rings (SSSR count). The zero-order valence-corrected chi connectivity index (χ0v) is 14.7. The minimum atomic E-state index is -0.163. The second-order valence-electron chi connectivity index (χ2n) is 6.61. The van der Waals surface area contributed by atoms with Gasteiger partial charge >= 0.3 is 0 Å². The van der Waals surface area contributed by atoms with Crippen molar-refractivity contribution in [3.8, 4) is 5.75 Å². The van der Waals surface area contributed by atoms with Crippen molar-refractivity contribution in [2.45, 2.75) is 19.4 Å². The van der Waals surface area contributed by atoms with Crippen LogP contribution in [0.4, 0.5) is 4.39 Å². The highest BCUT2D eigenvalue weighted by molar-refractivity contribution is 5.20. The van der Waals surface area contributed by atoms with E-state index in [9.17, 15) is 4.39 Å². The van der Waals surface area contributed by atoms with Gasteiger partial charge in [-0.1, -0.05) is 30.3 Å². The molecule has 1 saturated heterocycles. The van der Waals surface area contributed by atoms with Crippen molar-refractivity contribution in [1.82, 2.24) is 9.80 Å². The van der Waals surface area contributed by atoms with Crippen molar-refractivity contribution in [1.29, 1.82) is 0 Å². The molecule has 3 nitrogen and oxygen atoms in total. The van der Waals surface area contributed by atoms with E-state index in [0.29, 0.717) is 0 Å². The number of rotatable bonds is 7. The lowest BCUT2D eigenvalue weighted by atomic mass is 10.2. The summed E-state index contributed by atoms with van der Waals surface area (Å²) in [4.78, 5) is 4.99. The van der Waals surface area contributed by atoms with Gasteiger partial charge in [-0.05, 0) is 55.8 Å². The quantitative estimate of drug-likeness (QED) is 0.712. The monoisotopic (exact) mass is 342 g/mol. The van der Waals surface area contributed by atoms with Gasteiger partial charge in [-0.3, -0.25) is 4.90 Å². The standard InChI is InChI=1S/C21H27FN2O/c22-20-10-8-19(9-11-20)18-24-13-4-12-23(15-16-24)14-5-17-25-21-6-2-1-3-7-21/h1-3,6-11H,4-5,12-18H2. The molecule has 2 aromatic carbocycles. The van der Waals surface area contributed by atoms with Crippen molar-refractivity contribution in [3.63, 3.8) is 0 Å². The maximum atomic E-state index is 13.0. The molecule has 0 amide bonds. The van der Waals surface area contributed by atoms with E-state index in [1.807, 2.05) is 42.5 Å². The second kappa shape index (κ2) is 9.54. The molecule has 1 aliphatic heterocycles. The molecule has 134 valence electrons. The molecule has 1 heterocycles. The molecule has 0 atom stereocenters. The molecule has 1 fully saturated rings. The van der Waals surface area contributed by atoms with E-state index in [0.717, 1.165) is 58.0 Å². The molecule has 4 heteroatoms. The van der Waals surface area contributed by atoms with Crippen LogP contribution in [0.3, 0.4) is 0 Å². The lowest BCUT2D eigenvalue weighted by Gasteiger charge is -2.22. The SMILES string of the molecule is Fc1ccc(CN2CCCN(CCCOc3ccccc3)CC2)cc1. The van der Waals surface area contributed by atoms with Gasteiger partial charge in [0, 0.05) is 26.2 Å². The summed E-state index contributed by atoms with van der Waals surface area (Å²) < 4.78 is 18.8. The summed E-state index contributed by atoms with van der Waals surface area (Å²) in [5.41, 5.74) is 1.19. The third-order valence-corrected chi connectivity index (χ3v) is 4.63. The van der Waals surface area contributed by atoms with Crippen LogP contribution in [0.25, 0.3) is 0 Å². The summed E-state index contributed by atoms with van der Waals surface area (Å²) in [6.45, 7) is 7.16. The van der Waals surface area contributed by atoms with Gasteiger partial charge in [-0.15, -0.1) is 0 Å². The first kappa shape index (κ1) is 17.9. The summed E-state index contributed by atoms with van der Waals surface area (Å²) >= 11 is 0. The minimum absolute atomic E-state index is 0.163. The van der Waals surface area contributed by atoms with Gasteiger partial charge in [-0.25, -0.2) is 4.39 Å². The smallest absolute Gasteiger partial charge is 0.123 e. The van der Waals surface area contributed by atoms with Crippen molar-refractivity contribution >= 4 is 0 Å². The number of para-hydroxylation sites is 1. The number of ether oxygens (including phenoxy) is 1. The van der Waals surface area contributed by atoms with Crippen molar-refractivity contribution in [2.24, 2.45) is 0 Å². The molecule has 0 spiro atoms. The predicted octanol–water partition coefficient (Wildman–Crippen LogP) is 3.80. The van der Waals surface area contributed by atoms with Crippen LogP contribution in [0, 0.1) is 5.82 Å². The lowest BCUT2D eigenvalue weighted by molar-refractivity contribution is 0.229. The van der Waals surface area contributed by atoms with Crippen LogP contribution >= 0.6 is 0 Å². The lowest BCUT2D eigenvalue weighted by Crippen LogP contribution is -2.31. The fourth-order valence-corrected chi connectivity index (χ4v) is 3.25. The molecule has 1 aliphatic rings. The van der Waals surface area contributed by atoms with E-state index in [1.165, 1.54) is 12.0 Å². The molecule has 0 aromatic heterocycles. The molecular formula is C21H27FN2O. The molecule has 0 unspecified atom stereocenters. The predicted molar refractivity (Wildman–Crippen MR) is 99.3 cm³/mol. The Balaban J connectivity index is 1.36. The number of hydrogen-bond acceptors (Lipinski definition) is 3. The first-order chi connectivity index (χ1) is 12.3.